The van der Waals surface area contributed by atoms with Crippen molar-refractivity contribution in [3.05, 3.63) is 83.8 Å². The number of hydrogen-bond acceptors (Lipinski definition) is 9. The number of rotatable bonds is 11. The molecule has 312 valence electrons. The summed E-state index contributed by atoms with van der Waals surface area (Å²) < 4.78 is 16.0. The van der Waals surface area contributed by atoms with Crippen molar-refractivity contribution in [3.63, 3.8) is 0 Å². The zero-order valence-electron chi connectivity index (χ0n) is 34.8. The van der Waals surface area contributed by atoms with Crippen molar-refractivity contribution in [1.82, 2.24) is 40.4 Å². The van der Waals surface area contributed by atoms with Crippen molar-refractivity contribution in [3.8, 4) is 33.6 Å². The van der Waals surface area contributed by atoms with Crippen LogP contribution in [0.3, 0.4) is 0 Å². The largest absolute Gasteiger partial charge is 0.453 e. The van der Waals surface area contributed by atoms with Gasteiger partial charge in [-0.1, -0.05) is 58.5 Å². The van der Waals surface area contributed by atoms with Crippen LogP contribution in [-0.2, 0) is 32.2 Å². The van der Waals surface area contributed by atoms with E-state index < -0.39 is 18.2 Å². The predicted molar refractivity (Wildman–Crippen MR) is 222 cm³/mol. The van der Waals surface area contributed by atoms with Crippen LogP contribution in [0.2, 0.25) is 0 Å². The van der Waals surface area contributed by atoms with E-state index in [4.69, 9.17) is 24.2 Å². The van der Waals surface area contributed by atoms with Gasteiger partial charge in [0.25, 0.3) is 0 Å². The molecular formula is C45H56N8O6. The average Bonchev–Trinajstić information content (AvgIpc) is 4.09. The Morgan fingerprint density at radius 2 is 1.39 bits per heavy atom. The predicted octanol–water partition coefficient (Wildman–Crippen LogP) is 7.63. The molecule has 3 fully saturated rings. The second kappa shape index (κ2) is 16.6. The minimum Gasteiger partial charge on any atom is -0.453 e. The monoisotopic (exact) mass is 804 g/mol. The van der Waals surface area contributed by atoms with Gasteiger partial charge in [-0.05, 0) is 95.4 Å². The third-order valence-electron chi connectivity index (χ3n) is 12.8. The Morgan fingerprint density at radius 3 is 1.98 bits per heavy atom. The van der Waals surface area contributed by atoms with Crippen LogP contribution in [0, 0.1) is 17.8 Å². The van der Waals surface area contributed by atoms with Crippen molar-refractivity contribution in [1.29, 1.82) is 0 Å². The Balaban J connectivity index is 0.998. The summed E-state index contributed by atoms with van der Waals surface area (Å²) in [6, 6.07) is 12.2. The number of aromatic amines is 2. The molecule has 3 amide bonds. The summed E-state index contributed by atoms with van der Waals surface area (Å²) in [5, 5.41) is 5.73. The van der Waals surface area contributed by atoms with Gasteiger partial charge >= 0.3 is 12.2 Å². The zero-order valence-corrected chi connectivity index (χ0v) is 34.8. The summed E-state index contributed by atoms with van der Waals surface area (Å²) in [5.41, 5.74) is 9.17. The molecule has 0 radical (unpaired) electrons. The van der Waals surface area contributed by atoms with E-state index in [1.807, 2.05) is 31.1 Å². The van der Waals surface area contributed by atoms with Crippen molar-refractivity contribution in [2.45, 2.75) is 103 Å². The van der Waals surface area contributed by atoms with Gasteiger partial charge in [0.1, 0.15) is 17.7 Å². The van der Waals surface area contributed by atoms with E-state index in [0.29, 0.717) is 31.7 Å². The Morgan fingerprint density at radius 1 is 0.814 bits per heavy atom. The first-order valence-electron chi connectivity index (χ1n) is 20.9. The summed E-state index contributed by atoms with van der Waals surface area (Å²) in [4.78, 5) is 59.0. The average molecular weight is 805 g/mol. The number of likely N-dealkylation sites (tertiary alicyclic amines) is 2. The molecule has 59 heavy (non-hydrogen) atoms. The lowest BCUT2D eigenvalue weighted by atomic mass is 9.93. The van der Waals surface area contributed by atoms with Crippen LogP contribution in [0.4, 0.5) is 9.59 Å². The summed E-state index contributed by atoms with van der Waals surface area (Å²) in [6.07, 6.45) is 7.63. The maximum absolute atomic E-state index is 13.7. The fraction of sp³-hybridized carbons (Fsp3) is 0.489. The third kappa shape index (κ3) is 7.70. The molecule has 2 aromatic carbocycles. The summed E-state index contributed by atoms with van der Waals surface area (Å²) in [7, 11) is 2.68. The molecule has 2 saturated heterocycles. The highest BCUT2D eigenvalue weighted by Crippen LogP contribution is 2.52. The van der Waals surface area contributed by atoms with E-state index in [-0.39, 0.29) is 35.9 Å². The summed E-state index contributed by atoms with van der Waals surface area (Å²) >= 11 is 0. The fourth-order valence-corrected chi connectivity index (χ4v) is 9.77. The van der Waals surface area contributed by atoms with Crippen molar-refractivity contribution in [2.75, 3.05) is 20.8 Å². The van der Waals surface area contributed by atoms with Crippen LogP contribution in [0.15, 0.2) is 61.1 Å². The SMILES string of the molecule is C=C([C@@H](NC(=O)OC)C(C)C)N1[C@@H]2CC[C@@H](C2)[C@H]1c1ncc(-c2ccc3c(c2)COCc2cc(-c4cnc([C@@H]5CCCN5C(=O)[C@@H](NC(=O)OC)C(C)C)[nH]4)ccc2-3)[nH]1. The van der Waals surface area contributed by atoms with E-state index in [9.17, 15) is 14.4 Å². The van der Waals surface area contributed by atoms with E-state index in [1.165, 1.54) is 14.2 Å². The zero-order chi connectivity index (χ0) is 41.5. The van der Waals surface area contributed by atoms with Gasteiger partial charge in [-0.15, -0.1) is 0 Å². The van der Waals surface area contributed by atoms with E-state index in [2.05, 4.69) is 82.3 Å². The minimum absolute atomic E-state index is 0.0547. The lowest BCUT2D eigenvalue weighted by molar-refractivity contribution is -0.135. The molecule has 5 heterocycles. The Hall–Kier alpha value is -5.63. The summed E-state index contributed by atoms with van der Waals surface area (Å²) in [5.74, 6) is 2.00. The van der Waals surface area contributed by atoms with Gasteiger partial charge in [0.2, 0.25) is 5.91 Å². The van der Waals surface area contributed by atoms with Gasteiger partial charge in [0.15, 0.2) is 0 Å². The molecule has 14 heteroatoms. The minimum atomic E-state index is -0.691. The first kappa shape index (κ1) is 40.2. The van der Waals surface area contributed by atoms with Crippen LogP contribution in [0.5, 0.6) is 0 Å². The number of hydrogen-bond donors (Lipinski definition) is 4. The van der Waals surface area contributed by atoms with Crippen LogP contribution in [-0.4, -0.2) is 86.7 Å². The number of alkyl carbamates (subject to hydrolysis) is 2. The number of carbonyl (C=O) groups excluding carboxylic acids is 3. The Bertz CT molecular complexity index is 2230. The number of nitrogens with zero attached hydrogens (tertiary/aromatic N) is 4. The molecule has 4 aromatic rings. The number of carbonyl (C=O) groups is 3. The first-order valence-corrected chi connectivity index (χ1v) is 20.9. The van der Waals surface area contributed by atoms with Crippen LogP contribution in [0.1, 0.15) is 94.7 Å². The maximum atomic E-state index is 13.7. The van der Waals surface area contributed by atoms with E-state index in [0.717, 1.165) is 94.2 Å². The highest BCUT2D eigenvalue weighted by molar-refractivity contribution is 5.86. The van der Waals surface area contributed by atoms with Crippen molar-refractivity contribution < 1.29 is 28.6 Å². The normalized spacial score (nSPS) is 21.8. The quantitative estimate of drug-likeness (QED) is 0.119. The summed E-state index contributed by atoms with van der Waals surface area (Å²) in [6.45, 7) is 14.0. The number of amides is 3. The number of nitrogens with one attached hydrogen (secondary N) is 4. The fourth-order valence-electron chi connectivity index (χ4n) is 9.77. The highest BCUT2D eigenvalue weighted by atomic mass is 16.5. The number of benzene rings is 2. The highest BCUT2D eigenvalue weighted by Gasteiger charge is 2.49. The molecule has 4 N–H and O–H groups in total. The molecule has 4 aliphatic rings. The number of H-pyrrole nitrogens is 2. The number of aromatic nitrogens is 4. The molecule has 14 nitrogen and oxygen atoms in total. The second-order valence-corrected chi connectivity index (χ2v) is 17.1. The van der Waals surface area contributed by atoms with Crippen LogP contribution < -0.4 is 10.6 Å². The van der Waals surface area contributed by atoms with Gasteiger partial charge in [0, 0.05) is 18.3 Å². The third-order valence-corrected chi connectivity index (χ3v) is 12.8. The van der Waals surface area contributed by atoms with E-state index in [1.54, 1.807) is 0 Å². The van der Waals surface area contributed by atoms with Gasteiger partial charge < -0.3 is 44.6 Å². The van der Waals surface area contributed by atoms with Crippen molar-refractivity contribution in [2.24, 2.45) is 17.8 Å². The molecule has 8 rings (SSSR count). The van der Waals surface area contributed by atoms with Gasteiger partial charge in [-0.3, -0.25) is 4.79 Å². The molecule has 1 saturated carbocycles. The number of imidazole rings is 2. The molecule has 0 unspecified atom stereocenters. The lowest BCUT2D eigenvalue weighted by Gasteiger charge is -2.41. The molecule has 2 aromatic heterocycles. The number of methoxy groups -OCH3 is 2. The Labute approximate surface area is 345 Å². The first-order chi connectivity index (χ1) is 28.4. The van der Waals surface area contributed by atoms with Gasteiger partial charge in [-0.25, -0.2) is 19.6 Å². The molecule has 0 spiro atoms. The molecule has 1 aliphatic carbocycles. The van der Waals surface area contributed by atoms with Gasteiger partial charge in [-0.2, -0.15) is 0 Å². The molecule has 2 bridgehead atoms. The smallest absolute Gasteiger partial charge is 0.407 e. The maximum Gasteiger partial charge on any atom is 0.407 e. The lowest BCUT2D eigenvalue weighted by Crippen LogP contribution is -2.51. The van der Waals surface area contributed by atoms with Crippen molar-refractivity contribution >= 4 is 18.1 Å². The molecule has 3 aliphatic heterocycles. The second-order valence-electron chi connectivity index (χ2n) is 17.1. The number of piperidine rings is 1. The topological polar surface area (TPSA) is 167 Å². The molecular weight excluding hydrogens is 749 g/mol. The standard InChI is InChI=1S/C45H56N8O6/c1-24(2)38(50-44(55)57-6)26(5)53-32-13-10-29(19-32)40(53)42-47-21-36(49-42)28-12-15-34-31(18-28)23-59-22-30-17-27(11-14-33(30)34)35-20-46-41(48-35)37-9-8-16-52(37)43(54)39(25(3)4)51-45(56)58-7/h11-12,14-15,17-18,20-21,24-25,29,32,37-40H,5,8-10,13,16,19,22-23H2,1-4,6-7H3,(H,46,48)(H,47,49)(H,50,55)(H,51,56)/t29-,32+,37-,38-,39-,40-/m0/s1. The van der Waals surface area contributed by atoms with E-state index >= 15 is 0 Å². The Kier molecular flexibility index (Phi) is 11.3. The van der Waals surface area contributed by atoms with Crippen LogP contribution in [0.25, 0.3) is 33.6 Å². The van der Waals surface area contributed by atoms with Crippen LogP contribution >= 0.6 is 0 Å². The number of ether oxygens (including phenoxy) is 3. The van der Waals surface area contributed by atoms with Gasteiger partial charge in [0.05, 0.1) is 69.3 Å². The molecule has 6 atom stereocenters. The number of fused-ring (bicyclic) bond motifs is 5.